The molecule has 1 heterocycles. The highest BCUT2D eigenvalue weighted by molar-refractivity contribution is 6.22. The molecule has 1 aliphatic heterocycles. The van der Waals surface area contributed by atoms with Crippen LogP contribution in [0.15, 0.2) is 71.7 Å². The fourth-order valence-corrected chi connectivity index (χ4v) is 2.70. The Kier molecular flexibility index (Phi) is 2.49. The van der Waals surface area contributed by atoms with E-state index in [1.54, 1.807) is 0 Å². The number of fused-ring (bicyclic) bond motifs is 2. The molecule has 0 bridgehead atoms. The van der Waals surface area contributed by atoms with E-state index in [-0.39, 0.29) is 0 Å². The Labute approximate surface area is 117 Å². The second-order valence-corrected chi connectivity index (χ2v) is 4.94. The summed E-state index contributed by atoms with van der Waals surface area (Å²) in [6.45, 7) is 0. The van der Waals surface area contributed by atoms with Gasteiger partial charge in [-0.1, -0.05) is 60.7 Å². The topological polar surface area (TPSA) is 12.4 Å². The van der Waals surface area contributed by atoms with E-state index in [9.17, 15) is 0 Å². The van der Waals surface area contributed by atoms with Gasteiger partial charge >= 0.3 is 0 Å². The third-order valence-corrected chi connectivity index (χ3v) is 3.69. The minimum absolute atomic E-state index is 1.05. The summed E-state index contributed by atoms with van der Waals surface area (Å²) in [5.74, 6) is 0. The van der Waals surface area contributed by atoms with E-state index in [0.717, 1.165) is 5.69 Å². The molecule has 3 aromatic carbocycles. The van der Waals surface area contributed by atoms with Crippen molar-refractivity contribution in [2.24, 2.45) is 4.99 Å². The minimum atomic E-state index is 1.05. The highest BCUT2D eigenvalue weighted by Crippen LogP contribution is 2.33. The number of benzene rings is 3. The molecule has 1 nitrogen and oxygen atoms in total. The molecule has 20 heavy (non-hydrogen) atoms. The largest absolute Gasteiger partial charge is 0.256 e. The molecule has 0 fully saturated rings. The monoisotopic (exact) mass is 255 g/mol. The zero-order valence-electron chi connectivity index (χ0n) is 11.0. The van der Waals surface area contributed by atoms with Crippen molar-refractivity contribution in [3.63, 3.8) is 0 Å². The third-order valence-electron chi connectivity index (χ3n) is 3.69. The Balaban J connectivity index is 1.90. The van der Waals surface area contributed by atoms with Gasteiger partial charge in [-0.3, -0.25) is 4.99 Å². The number of rotatable bonds is 1. The molecule has 0 saturated carbocycles. The molecule has 1 aliphatic rings. The smallest absolute Gasteiger partial charge is 0.0708 e. The Bertz CT molecular complexity index is 851. The van der Waals surface area contributed by atoms with E-state index in [1.165, 1.54) is 27.5 Å². The van der Waals surface area contributed by atoms with Crippen LogP contribution in [0.2, 0.25) is 0 Å². The number of nitrogens with zero attached hydrogens (tertiary/aromatic N) is 1. The highest BCUT2D eigenvalue weighted by Gasteiger charge is 2.11. The van der Waals surface area contributed by atoms with Gasteiger partial charge in [-0.15, -0.1) is 0 Å². The quantitative estimate of drug-likeness (QED) is 0.574. The first kappa shape index (κ1) is 11.2. The molecule has 0 amide bonds. The van der Waals surface area contributed by atoms with Gasteiger partial charge in [0, 0.05) is 17.4 Å². The molecule has 3 aromatic rings. The molecule has 0 saturated heterocycles. The van der Waals surface area contributed by atoms with Crippen LogP contribution in [0.5, 0.6) is 0 Å². The van der Waals surface area contributed by atoms with E-state index in [1.807, 2.05) is 12.3 Å². The molecule has 0 spiro atoms. The van der Waals surface area contributed by atoms with E-state index < -0.39 is 0 Å². The summed E-state index contributed by atoms with van der Waals surface area (Å²) >= 11 is 0. The first-order chi connectivity index (χ1) is 9.92. The van der Waals surface area contributed by atoms with Crippen LogP contribution in [-0.2, 0) is 0 Å². The Morgan fingerprint density at radius 2 is 1.55 bits per heavy atom. The van der Waals surface area contributed by atoms with Gasteiger partial charge in [0.2, 0.25) is 0 Å². The fraction of sp³-hybridized carbons (Fsp3) is 0. The van der Waals surface area contributed by atoms with Crippen molar-refractivity contribution in [1.82, 2.24) is 0 Å². The summed E-state index contributed by atoms with van der Waals surface area (Å²) in [5, 5.41) is 2.55. The van der Waals surface area contributed by atoms with Crippen molar-refractivity contribution in [2.75, 3.05) is 0 Å². The van der Waals surface area contributed by atoms with Crippen LogP contribution >= 0.6 is 0 Å². The number of hydrogen-bond donors (Lipinski definition) is 0. The van der Waals surface area contributed by atoms with E-state index in [0.29, 0.717) is 0 Å². The molecule has 4 rings (SSSR count). The van der Waals surface area contributed by atoms with Crippen LogP contribution in [-0.4, -0.2) is 6.21 Å². The van der Waals surface area contributed by atoms with Gasteiger partial charge in [0.1, 0.15) is 0 Å². The molecule has 0 radical (unpaired) electrons. The summed E-state index contributed by atoms with van der Waals surface area (Å²) in [7, 11) is 0. The lowest BCUT2D eigenvalue weighted by molar-refractivity contribution is 1.55. The number of allylic oxidation sites excluding steroid dienone is 1. The molecule has 0 aromatic heterocycles. The first-order valence-corrected chi connectivity index (χ1v) is 6.75. The Hall–Kier alpha value is -2.67. The fourth-order valence-electron chi connectivity index (χ4n) is 2.70. The van der Waals surface area contributed by atoms with Crippen molar-refractivity contribution in [1.29, 1.82) is 0 Å². The maximum atomic E-state index is 4.46. The van der Waals surface area contributed by atoms with E-state index >= 15 is 0 Å². The van der Waals surface area contributed by atoms with Crippen LogP contribution in [0.4, 0.5) is 5.69 Å². The van der Waals surface area contributed by atoms with Crippen LogP contribution in [0, 0.1) is 0 Å². The van der Waals surface area contributed by atoms with E-state index in [4.69, 9.17) is 0 Å². The zero-order chi connectivity index (χ0) is 13.4. The lowest BCUT2D eigenvalue weighted by Crippen LogP contribution is -1.82. The molecular formula is C19H13N. The summed E-state index contributed by atoms with van der Waals surface area (Å²) in [4.78, 5) is 4.46. The maximum absolute atomic E-state index is 4.46. The zero-order valence-corrected chi connectivity index (χ0v) is 11.0. The second kappa shape index (κ2) is 4.46. The molecular weight excluding hydrogens is 242 g/mol. The molecule has 1 heteroatoms. The molecule has 0 N–H and O–H groups in total. The van der Waals surface area contributed by atoms with Crippen molar-refractivity contribution >= 4 is 34.3 Å². The number of aliphatic imine (C=N–C) groups is 1. The van der Waals surface area contributed by atoms with Crippen molar-refractivity contribution < 1.29 is 0 Å². The van der Waals surface area contributed by atoms with Gasteiger partial charge in [0.15, 0.2) is 0 Å². The van der Waals surface area contributed by atoms with Gasteiger partial charge < -0.3 is 0 Å². The third kappa shape index (κ3) is 1.76. The van der Waals surface area contributed by atoms with Gasteiger partial charge in [0.05, 0.1) is 5.69 Å². The summed E-state index contributed by atoms with van der Waals surface area (Å²) < 4.78 is 0. The second-order valence-electron chi connectivity index (χ2n) is 4.94. The molecule has 0 unspecified atom stereocenters. The maximum Gasteiger partial charge on any atom is 0.0708 e. The summed E-state index contributed by atoms with van der Waals surface area (Å²) in [6, 6.07) is 23.1. The molecule has 0 atom stereocenters. The first-order valence-electron chi connectivity index (χ1n) is 6.75. The molecule has 94 valence electrons. The Morgan fingerprint density at radius 3 is 2.55 bits per heavy atom. The lowest BCUT2D eigenvalue weighted by atomic mass is 10.00. The van der Waals surface area contributed by atoms with Crippen molar-refractivity contribution in [3.8, 4) is 0 Å². The summed E-state index contributed by atoms with van der Waals surface area (Å²) in [5.41, 5.74) is 4.68. The van der Waals surface area contributed by atoms with Crippen molar-refractivity contribution in [2.45, 2.75) is 0 Å². The average Bonchev–Trinajstić information content (AvgIpc) is 2.91. The predicted molar refractivity (Wildman–Crippen MR) is 86.4 cm³/mol. The highest BCUT2D eigenvalue weighted by atomic mass is 14.7. The predicted octanol–water partition coefficient (Wildman–Crippen LogP) is 5.10. The van der Waals surface area contributed by atoms with Crippen molar-refractivity contribution in [3.05, 3.63) is 77.9 Å². The van der Waals surface area contributed by atoms with Gasteiger partial charge in [-0.2, -0.15) is 0 Å². The Morgan fingerprint density at radius 1 is 0.750 bits per heavy atom. The van der Waals surface area contributed by atoms with Gasteiger partial charge in [-0.25, -0.2) is 0 Å². The SMILES string of the molecule is C1=Nc2ccccc2/C1=C\c1cccc2ccccc12. The minimum Gasteiger partial charge on any atom is -0.256 e. The van der Waals surface area contributed by atoms with Gasteiger partial charge in [0.25, 0.3) is 0 Å². The molecule has 0 aliphatic carbocycles. The normalized spacial score (nSPS) is 14.9. The van der Waals surface area contributed by atoms with Crippen LogP contribution < -0.4 is 0 Å². The van der Waals surface area contributed by atoms with Crippen LogP contribution in [0.3, 0.4) is 0 Å². The lowest BCUT2D eigenvalue weighted by Gasteiger charge is -2.04. The average molecular weight is 255 g/mol. The number of hydrogen-bond acceptors (Lipinski definition) is 1. The van der Waals surface area contributed by atoms with Crippen LogP contribution in [0.25, 0.3) is 22.4 Å². The standard InChI is InChI=1S/C19H13N/c1-2-9-17-14(6-1)7-5-8-15(17)12-16-13-20-19-11-4-3-10-18(16)19/h1-13H/b16-12-. The summed E-state index contributed by atoms with van der Waals surface area (Å²) in [6.07, 6.45) is 4.17. The van der Waals surface area contributed by atoms with E-state index in [2.05, 4.69) is 71.7 Å². The number of para-hydroxylation sites is 1. The van der Waals surface area contributed by atoms with Crippen LogP contribution in [0.1, 0.15) is 11.1 Å². The van der Waals surface area contributed by atoms with Gasteiger partial charge in [-0.05, 0) is 28.5 Å².